The number of carbonyl (C=O) groups excluding carboxylic acids is 2. The first-order valence-electron chi connectivity index (χ1n) is 11.4. The summed E-state index contributed by atoms with van der Waals surface area (Å²) in [5.41, 5.74) is 8.13. The third kappa shape index (κ3) is 5.03. The summed E-state index contributed by atoms with van der Waals surface area (Å²) in [5.74, 6) is 0.717. The van der Waals surface area contributed by atoms with Gasteiger partial charge in [-0.1, -0.05) is 30.3 Å². The van der Waals surface area contributed by atoms with E-state index in [-0.39, 0.29) is 36.4 Å². The van der Waals surface area contributed by atoms with Crippen LogP contribution in [0, 0.1) is 13.8 Å². The zero-order valence-electron chi connectivity index (χ0n) is 19.7. The van der Waals surface area contributed by atoms with Crippen molar-refractivity contribution in [1.82, 2.24) is 20.7 Å². The van der Waals surface area contributed by atoms with Crippen LogP contribution in [0.15, 0.2) is 54.9 Å². The number of nitrogens with zero attached hydrogens (tertiary/aromatic N) is 2. The fraction of sp³-hybridized carbons (Fsp3) is 0.385. The monoisotopic (exact) mass is 448 g/mol. The van der Waals surface area contributed by atoms with Crippen LogP contribution < -0.4 is 15.5 Å². The molecular weight excluding hydrogens is 416 g/mol. The van der Waals surface area contributed by atoms with Gasteiger partial charge in [-0.3, -0.25) is 9.59 Å². The van der Waals surface area contributed by atoms with Crippen LogP contribution in [0.3, 0.4) is 0 Å². The highest BCUT2D eigenvalue weighted by molar-refractivity contribution is 5.85. The van der Waals surface area contributed by atoms with Crippen molar-refractivity contribution < 1.29 is 14.3 Å². The molecule has 0 saturated carbocycles. The Kier molecular flexibility index (Phi) is 6.70. The van der Waals surface area contributed by atoms with Crippen LogP contribution in [0.1, 0.15) is 54.1 Å². The molecule has 0 radical (unpaired) electrons. The number of carbonyl (C=O) groups is 2. The molecule has 0 aromatic heterocycles. The van der Waals surface area contributed by atoms with Crippen molar-refractivity contribution in [3.63, 3.8) is 0 Å². The van der Waals surface area contributed by atoms with Crippen LogP contribution in [0.5, 0.6) is 5.75 Å². The fourth-order valence-corrected chi connectivity index (χ4v) is 4.33. The average Bonchev–Trinajstić information content (AvgIpc) is 3.26. The summed E-state index contributed by atoms with van der Waals surface area (Å²) < 4.78 is 5.18. The number of hydrazine groups is 1. The van der Waals surface area contributed by atoms with Crippen LogP contribution in [0.2, 0.25) is 0 Å². The Hall–Kier alpha value is -3.32. The summed E-state index contributed by atoms with van der Waals surface area (Å²) in [6, 6.07) is 13.8. The van der Waals surface area contributed by atoms with Crippen molar-refractivity contribution in [1.29, 1.82) is 0 Å². The van der Waals surface area contributed by atoms with Gasteiger partial charge in [0.1, 0.15) is 11.8 Å². The van der Waals surface area contributed by atoms with Gasteiger partial charge in [-0.2, -0.15) is 0 Å². The number of fused-ring (bicyclic) bond motifs is 1. The molecule has 4 rings (SSSR count). The summed E-state index contributed by atoms with van der Waals surface area (Å²) in [7, 11) is 1.63. The number of methoxy groups -OCH3 is 1. The van der Waals surface area contributed by atoms with E-state index in [1.807, 2.05) is 42.4 Å². The smallest absolute Gasteiger partial charge is 0.250 e. The topological polar surface area (TPSA) is 73.9 Å². The highest BCUT2D eigenvalue weighted by Crippen LogP contribution is 2.31. The molecule has 3 atom stereocenters. The molecule has 2 heterocycles. The summed E-state index contributed by atoms with van der Waals surface area (Å²) in [4.78, 5) is 27.2. The van der Waals surface area contributed by atoms with Crippen molar-refractivity contribution in [2.45, 2.75) is 51.7 Å². The van der Waals surface area contributed by atoms with E-state index in [2.05, 4.69) is 42.8 Å². The number of amides is 2. The van der Waals surface area contributed by atoms with Gasteiger partial charge in [-0.05, 0) is 61.6 Å². The molecule has 2 aromatic carbocycles. The largest absolute Gasteiger partial charge is 0.497 e. The zero-order valence-corrected chi connectivity index (χ0v) is 19.7. The highest BCUT2D eigenvalue weighted by Gasteiger charge is 2.40. The summed E-state index contributed by atoms with van der Waals surface area (Å²) in [5, 5.41) is 4.90. The van der Waals surface area contributed by atoms with Gasteiger partial charge in [0.15, 0.2) is 0 Å². The predicted molar refractivity (Wildman–Crippen MR) is 127 cm³/mol. The maximum Gasteiger partial charge on any atom is 0.250 e. The molecule has 0 aliphatic carbocycles. The van der Waals surface area contributed by atoms with Crippen molar-refractivity contribution in [2.75, 3.05) is 13.7 Å². The van der Waals surface area contributed by atoms with Crippen LogP contribution in [0.4, 0.5) is 0 Å². The van der Waals surface area contributed by atoms with Crippen LogP contribution in [0.25, 0.3) is 0 Å². The second-order valence-electron chi connectivity index (χ2n) is 8.83. The molecule has 7 nitrogen and oxygen atoms in total. The van der Waals surface area contributed by atoms with Crippen molar-refractivity contribution in [3.8, 4) is 5.75 Å². The first-order valence-corrected chi connectivity index (χ1v) is 11.4. The molecular formula is C26H32N4O3. The van der Waals surface area contributed by atoms with Gasteiger partial charge in [0.25, 0.3) is 5.91 Å². The lowest BCUT2D eigenvalue weighted by atomic mass is 9.97. The van der Waals surface area contributed by atoms with E-state index < -0.39 is 0 Å². The standard InChI is InChI=1S/C26H32N4O3/c1-17-5-6-21(15-18(17)2)23-16-24-26(32)29(13-14-30(24)28-23)12-11-25(31)27-19(3)20-7-9-22(33-4)10-8-20/h5-10,13-15,19,23-24,28H,11-12,16H2,1-4H3,(H,27,31). The number of nitrogens with one attached hydrogen (secondary N) is 2. The minimum Gasteiger partial charge on any atom is -0.497 e. The Morgan fingerprint density at radius 1 is 1.15 bits per heavy atom. The number of hydrogen-bond donors (Lipinski definition) is 2. The normalized spacial score (nSPS) is 20.5. The first-order chi connectivity index (χ1) is 15.9. The van der Waals surface area contributed by atoms with E-state index in [0.717, 1.165) is 11.3 Å². The van der Waals surface area contributed by atoms with E-state index in [9.17, 15) is 9.59 Å². The molecule has 1 fully saturated rings. The Labute approximate surface area is 195 Å². The van der Waals surface area contributed by atoms with Gasteiger partial charge < -0.3 is 20.0 Å². The predicted octanol–water partition coefficient (Wildman–Crippen LogP) is 3.51. The second-order valence-corrected chi connectivity index (χ2v) is 8.83. The molecule has 2 amide bonds. The lowest BCUT2D eigenvalue weighted by Crippen LogP contribution is -2.48. The van der Waals surface area contributed by atoms with Gasteiger partial charge in [-0.25, -0.2) is 5.43 Å². The molecule has 0 bridgehead atoms. The molecule has 2 aliphatic heterocycles. The van der Waals surface area contributed by atoms with Crippen molar-refractivity contribution in [3.05, 3.63) is 77.1 Å². The first kappa shape index (κ1) is 22.9. The lowest BCUT2D eigenvalue weighted by Gasteiger charge is -2.31. The quantitative estimate of drug-likeness (QED) is 0.678. The minimum atomic E-state index is -0.261. The van der Waals surface area contributed by atoms with E-state index in [1.165, 1.54) is 16.7 Å². The summed E-state index contributed by atoms with van der Waals surface area (Å²) >= 11 is 0. The van der Waals surface area contributed by atoms with E-state index >= 15 is 0 Å². The van der Waals surface area contributed by atoms with E-state index in [4.69, 9.17) is 4.74 Å². The SMILES string of the molecule is COc1ccc(C(C)NC(=O)CCN2C=CN3NC(c4ccc(C)c(C)c4)CC3C2=O)cc1. The Bertz CT molecular complexity index is 1050. The van der Waals surface area contributed by atoms with Gasteiger partial charge >= 0.3 is 0 Å². The van der Waals surface area contributed by atoms with E-state index in [0.29, 0.717) is 13.0 Å². The fourth-order valence-electron chi connectivity index (χ4n) is 4.33. The molecule has 33 heavy (non-hydrogen) atoms. The van der Waals surface area contributed by atoms with Crippen molar-refractivity contribution >= 4 is 11.8 Å². The Balaban J connectivity index is 1.30. The average molecular weight is 449 g/mol. The minimum absolute atomic E-state index is 0.0207. The molecule has 7 heteroatoms. The molecule has 2 N–H and O–H groups in total. The summed E-state index contributed by atoms with van der Waals surface area (Å²) in [6.07, 6.45) is 4.60. The maximum absolute atomic E-state index is 13.1. The van der Waals surface area contributed by atoms with Crippen molar-refractivity contribution in [2.24, 2.45) is 0 Å². The van der Waals surface area contributed by atoms with Crippen LogP contribution in [-0.4, -0.2) is 41.4 Å². The highest BCUT2D eigenvalue weighted by atomic mass is 16.5. The van der Waals surface area contributed by atoms with Crippen LogP contribution >= 0.6 is 0 Å². The third-order valence-corrected chi connectivity index (χ3v) is 6.58. The van der Waals surface area contributed by atoms with Crippen LogP contribution in [-0.2, 0) is 9.59 Å². The molecule has 2 aromatic rings. The Morgan fingerprint density at radius 2 is 1.91 bits per heavy atom. The maximum atomic E-state index is 13.1. The number of benzene rings is 2. The molecule has 3 unspecified atom stereocenters. The molecule has 2 aliphatic rings. The van der Waals surface area contributed by atoms with Gasteiger partial charge in [0, 0.05) is 25.4 Å². The molecule has 174 valence electrons. The molecule has 0 spiro atoms. The van der Waals surface area contributed by atoms with Gasteiger partial charge in [0.05, 0.1) is 19.2 Å². The molecule has 1 saturated heterocycles. The summed E-state index contributed by atoms with van der Waals surface area (Å²) in [6.45, 7) is 6.51. The van der Waals surface area contributed by atoms with Gasteiger partial charge in [0.2, 0.25) is 5.91 Å². The van der Waals surface area contributed by atoms with E-state index in [1.54, 1.807) is 18.2 Å². The second kappa shape index (κ2) is 9.67. The number of ether oxygens (including phenoxy) is 1. The zero-order chi connectivity index (χ0) is 23.5. The lowest BCUT2D eigenvalue weighted by molar-refractivity contribution is -0.134. The third-order valence-electron chi connectivity index (χ3n) is 6.58. The number of aryl methyl sites for hydroxylation is 2. The Morgan fingerprint density at radius 3 is 2.61 bits per heavy atom. The number of hydrogen-bond acceptors (Lipinski definition) is 5. The number of rotatable bonds is 7. The van der Waals surface area contributed by atoms with Gasteiger partial charge in [-0.15, -0.1) is 0 Å².